The Bertz CT molecular complexity index is 152. The standard InChI is InChI=1S/C11H24N2O/c1-4-6-12-7-8-13(3)11-5-9-14-10(11)2/h10-12H,4-9H2,1-3H3. The summed E-state index contributed by atoms with van der Waals surface area (Å²) in [5.41, 5.74) is 0. The topological polar surface area (TPSA) is 24.5 Å². The van der Waals surface area contributed by atoms with Gasteiger partial charge in [0.05, 0.1) is 6.10 Å². The number of rotatable bonds is 6. The highest BCUT2D eigenvalue weighted by molar-refractivity contribution is 4.80. The summed E-state index contributed by atoms with van der Waals surface area (Å²) in [7, 11) is 2.20. The van der Waals surface area contributed by atoms with Crippen LogP contribution in [0.15, 0.2) is 0 Å². The molecule has 1 fully saturated rings. The minimum absolute atomic E-state index is 0.408. The van der Waals surface area contributed by atoms with Gasteiger partial charge in [-0.15, -0.1) is 0 Å². The van der Waals surface area contributed by atoms with E-state index in [1.807, 2.05) is 0 Å². The first-order valence-corrected chi connectivity index (χ1v) is 5.78. The van der Waals surface area contributed by atoms with E-state index in [1.54, 1.807) is 0 Å². The predicted molar refractivity (Wildman–Crippen MR) is 59.6 cm³/mol. The van der Waals surface area contributed by atoms with Crippen molar-refractivity contribution >= 4 is 0 Å². The van der Waals surface area contributed by atoms with Crippen LogP contribution in [0.1, 0.15) is 26.7 Å². The Morgan fingerprint density at radius 3 is 2.79 bits per heavy atom. The Hall–Kier alpha value is -0.120. The van der Waals surface area contributed by atoms with Crippen LogP contribution in [0.5, 0.6) is 0 Å². The van der Waals surface area contributed by atoms with Gasteiger partial charge in [0.25, 0.3) is 0 Å². The van der Waals surface area contributed by atoms with Crippen LogP contribution in [0.4, 0.5) is 0 Å². The lowest BCUT2D eigenvalue weighted by atomic mass is 10.1. The Balaban J connectivity index is 2.11. The molecule has 2 atom stereocenters. The molecule has 1 heterocycles. The summed E-state index contributed by atoms with van der Waals surface area (Å²) in [6.45, 7) is 8.65. The third-order valence-corrected chi connectivity index (χ3v) is 2.97. The largest absolute Gasteiger partial charge is 0.377 e. The van der Waals surface area contributed by atoms with Crippen LogP contribution in [0.3, 0.4) is 0 Å². The van der Waals surface area contributed by atoms with Gasteiger partial charge >= 0.3 is 0 Å². The van der Waals surface area contributed by atoms with Gasteiger partial charge in [-0.1, -0.05) is 6.92 Å². The van der Waals surface area contributed by atoms with Crippen molar-refractivity contribution in [3.05, 3.63) is 0 Å². The van der Waals surface area contributed by atoms with Crippen LogP contribution in [0.25, 0.3) is 0 Å². The summed E-state index contributed by atoms with van der Waals surface area (Å²) in [5.74, 6) is 0. The van der Waals surface area contributed by atoms with Crippen molar-refractivity contribution < 1.29 is 4.74 Å². The summed E-state index contributed by atoms with van der Waals surface area (Å²) in [6.07, 6.45) is 2.81. The maximum atomic E-state index is 5.55. The summed E-state index contributed by atoms with van der Waals surface area (Å²) in [6, 6.07) is 0.624. The number of ether oxygens (including phenoxy) is 1. The highest BCUT2D eigenvalue weighted by atomic mass is 16.5. The van der Waals surface area contributed by atoms with Crippen LogP contribution in [-0.2, 0) is 4.74 Å². The molecule has 0 bridgehead atoms. The minimum Gasteiger partial charge on any atom is -0.377 e. The molecule has 0 aromatic heterocycles. The van der Waals surface area contributed by atoms with Gasteiger partial charge < -0.3 is 10.1 Å². The number of likely N-dealkylation sites (N-methyl/N-ethyl adjacent to an activating group) is 1. The Morgan fingerprint density at radius 2 is 2.21 bits per heavy atom. The van der Waals surface area contributed by atoms with Crippen molar-refractivity contribution in [3.63, 3.8) is 0 Å². The molecule has 14 heavy (non-hydrogen) atoms. The van der Waals surface area contributed by atoms with E-state index in [9.17, 15) is 0 Å². The number of nitrogens with zero attached hydrogens (tertiary/aromatic N) is 1. The maximum absolute atomic E-state index is 5.55. The molecule has 1 aliphatic rings. The molecular formula is C11H24N2O. The summed E-state index contributed by atoms with van der Waals surface area (Å²) >= 11 is 0. The molecule has 0 aliphatic carbocycles. The van der Waals surface area contributed by atoms with Crippen molar-refractivity contribution in [2.75, 3.05) is 33.3 Å². The van der Waals surface area contributed by atoms with Crippen LogP contribution in [-0.4, -0.2) is 50.3 Å². The van der Waals surface area contributed by atoms with Gasteiger partial charge in [-0.2, -0.15) is 0 Å². The molecule has 1 N–H and O–H groups in total. The highest BCUT2D eigenvalue weighted by Crippen LogP contribution is 2.17. The third-order valence-electron chi connectivity index (χ3n) is 2.97. The van der Waals surface area contributed by atoms with Crippen LogP contribution < -0.4 is 5.32 Å². The van der Waals surface area contributed by atoms with E-state index in [0.29, 0.717) is 12.1 Å². The number of nitrogens with one attached hydrogen (secondary N) is 1. The summed E-state index contributed by atoms with van der Waals surface area (Å²) in [4.78, 5) is 2.42. The molecule has 0 saturated carbocycles. The fourth-order valence-electron chi connectivity index (χ4n) is 2.02. The zero-order valence-electron chi connectivity index (χ0n) is 9.75. The Kier molecular flexibility index (Phi) is 5.45. The zero-order valence-corrected chi connectivity index (χ0v) is 9.75. The quantitative estimate of drug-likeness (QED) is 0.650. The van der Waals surface area contributed by atoms with E-state index in [2.05, 4.69) is 31.1 Å². The average Bonchev–Trinajstić information content (AvgIpc) is 2.59. The van der Waals surface area contributed by atoms with E-state index >= 15 is 0 Å². The van der Waals surface area contributed by atoms with Crippen LogP contribution in [0, 0.1) is 0 Å². The first kappa shape index (κ1) is 12.0. The van der Waals surface area contributed by atoms with Gasteiger partial charge in [-0.25, -0.2) is 0 Å². The van der Waals surface area contributed by atoms with E-state index in [-0.39, 0.29) is 0 Å². The molecule has 0 radical (unpaired) electrons. The van der Waals surface area contributed by atoms with Crippen molar-refractivity contribution in [2.45, 2.75) is 38.8 Å². The molecular weight excluding hydrogens is 176 g/mol. The zero-order chi connectivity index (χ0) is 10.4. The van der Waals surface area contributed by atoms with Crippen molar-refractivity contribution in [3.8, 4) is 0 Å². The smallest absolute Gasteiger partial charge is 0.0702 e. The fraction of sp³-hybridized carbons (Fsp3) is 1.00. The molecule has 0 aromatic rings. The molecule has 1 aliphatic heterocycles. The lowest BCUT2D eigenvalue weighted by Crippen LogP contribution is -2.40. The molecule has 3 heteroatoms. The average molecular weight is 200 g/mol. The van der Waals surface area contributed by atoms with E-state index in [0.717, 1.165) is 26.2 Å². The molecule has 84 valence electrons. The van der Waals surface area contributed by atoms with Crippen LogP contribution in [0.2, 0.25) is 0 Å². The van der Waals surface area contributed by atoms with E-state index in [4.69, 9.17) is 4.74 Å². The first-order chi connectivity index (χ1) is 6.75. The van der Waals surface area contributed by atoms with Crippen molar-refractivity contribution in [1.82, 2.24) is 10.2 Å². The second-order valence-electron chi connectivity index (χ2n) is 4.16. The second kappa shape index (κ2) is 6.38. The third kappa shape index (κ3) is 3.56. The minimum atomic E-state index is 0.408. The van der Waals surface area contributed by atoms with E-state index < -0.39 is 0 Å². The normalized spacial score (nSPS) is 27.4. The number of hydrogen-bond acceptors (Lipinski definition) is 3. The molecule has 2 unspecified atom stereocenters. The van der Waals surface area contributed by atoms with Gasteiger partial charge in [-0.05, 0) is 33.4 Å². The lowest BCUT2D eigenvalue weighted by molar-refractivity contribution is 0.0840. The molecule has 1 saturated heterocycles. The molecule has 0 amide bonds. The van der Waals surface area contributed by atoms with Gasteiger partial charge in [0.1, 0.15) is 0 Å². The predicted octanol–water partition coefficient (Wildman–Crippen LogP) is 1.10. The summed E-state index contributed by atoms with van der Waals surface area (Å²) in [5, 5.41) is 3.42. The van der Waals surface area contributed by atoms with Gasteiger partial charge in [0.2, 0.25) is 0 Å². The highest BCUT2D eigenvalue weighted by Gasteiger charge is 2.27. The monoisotopic (exact) mass is 200 g/mol. The van der Waals surface area contributed by atoms with Gasteiger partial charge in [0, 0.05) is 25.7 Å². The Labute approximate surface area is 87.8 Å². The summed E-state index contributed by atoms with van der Waals surface area (Å²) < 4.78 is 5.55. The van der Waals surface area contributed by atoms with Crippen molar-refractivity contribution in [2.24, 2.45) is 0 Å². The number of hydrogen-bond donors (Lipinski definition) is 1. The molecule has 0 aromatic carbocycles. The molecule has 0 spiro atoms. The molecule has 1 rings (SSSR count). The van der Waals surface area contributed by atoms with Gasteiger partial charge in [-0.3, -0.25) is 4.90 Å². The second-order valence-corrected chi connectivity index (χ2v) is 4.16. The van der Waals surface area contributed by atoms with E-state index in [1.165, 1.54) is 12.8 Å². The maximum Gasteiger partial charge on any atom is 0.0702 e. The van der Waals surface area contributed by atoms with Crippen LogP contribution >= 0.6 is 0 Å². The van der Waals surface area contributed by atoms with Crippen molar-refractivity contribution in [1.29, 1.82) is 0 Å². The fourth-order valence-corrected chi connectivity index (χ4v) is 2.02. The first-order valence-electron chi connectivity index (χ1n) is 5.78. The SMILES string of the molecule is CCCNCCN(C)C1CCOC1C. The Morgan fingerprint density at radius 1 is 1.43 bits per heavy atom. The molecule has 3 nitrogen and oxygen atoms in total. The lowest BCUT2D eigenvalue weighted by Gasteiger charge is -2.26. The van der Waals surface area contributed by atoms with Gasteiger partial charge in [0.15, 0.2) is 0 Å².